The minimum Gasteiger partial charge on any atom is -0.457 e. The van der Waals surface area contributed by atoms with Gasteiger partial charge in [0, 0.05) is 19.1 Å². The number of rotatable bonds is 23. The molecule has 6 rings (SSSR count). The molecule has 0 bridgehead atoms. The third kappa shape index (κ3) is 19.6. The minimum atomic E-state index is -3.33. The summed E-state index contributed by atoms with van der Waals surface area (Å²) in [6.45, 7) is 35.8. The van der Waals surface area contributed by atoms with Crippen LogP contribution in [-0.4, -0.2) is 114 Å². The number of hydrogen-bond acceptors (Lipinski definition) is 16. The first-order valence-electron chi connectivity index (χ1n) is 26.2. The van der Waals surface area contributed by atoms with Crippen molar-refractivity contribution in [1.82, 2.24) is 0 Å². The molecule has 0 amide bonds. The Kier molecular flexibility index (Phi) is 27.2. The Morgan fingerprint density at radius 2 is 0.938 bits per heavy atom. The molecule has 4 aromatic carbocycles. The van der Waals surface area contributed by atoms with Gasteiger partial charge in [0.2, 0.25) is 0 Å². The first-order valence-corrected chi connectivity index (χ1v) is 30.1. The monoisotopic (exact) mass is 1220 g/mol. The second-order valence-corrected chi connectivity index (χ2v) is 28.3. The molecule has 16 nitrogen and oxygen atoms in total. The van der Waals surface area contributed by atoms with Gasteiger partial charge in [0.25, 0.3) is 0 Å². The van der Waals surface area contributed by atoms with Crippen molar-refractivity contribution in [3.63, 3.8) is 0 Å². The van der Waals surface area contributed by atoms with Crippen LogP contribution in [0.1, 0.15) is 152 Å². The number of ether oxygens (including phenoxy) is 6. The average Bonchev–Trinajstić information content (AvgIpc) is 3.70. The molecule has 1 N–H and O–H groups in total. The summed E-state index contributed by atoms with van der Waals surface area (Å²) in [4.78, 5) is 0.566. The maximum Gasteiger partial charge on any atom is 0.495 e. The van der Waals surface area contributed by atoms with Crippen LogP contribution in [0.2, 0.25) is 0 Å². The standard InChI is InChI=1S/C25H35BO7S.C19H23BrO5S.C12H25B2O4.2CH4.H2/c1-8-29-17-30-16-19-15-21(11-14-23(19)26-32-24(4,5)25(6,7)33-26)31-20-9-12-22(13-10-20)34(27,28)18(2)3;1-4-23-13-24-12-15-11-17(7-10-19(15)20)25-16-5-8-18(9-6-16)26(21,22)14(2)3;1-9(2,15)10(3,4)16-13-14-17-11(5,6)12(7,8)18-14;;;/h9-15,18H,8,16-17H2,1-7H3;5-11,14H,4,12-13H2,1-3H3;15H,1-8H3;2*1H4;1H/i;;;;;1+1. The number of sulfone groups is 2. The fraction of sp³-hybridized carbons (Fsp3) is 0.586. The lowest BCUT2D eigenvalue weighted by atomic mass is 9.55. The van der Waals surface area contributed by atoms with Crippen LogP contribution < -0.4 is 14.9 Å². The van der Waals surface area contributed by atoms with Crippen molar-refractivity contribution in [3.8, 4) is 23.0 Å². The summed E-state index contributed by atoms with van der Waals surface area (Å²) in [5, 5.41) is 9.05. The lowest BCUT2D eigenvalue weighted by molar-refractivity contribution is -0.0894. The Hall–Kier alpha value is -3.35. The number of aliphatic hydroxyl groups is 1. The molecular weight excluding hydrogens is 1130 g/mol. The van der Waals surface area contributed by atoms with Gasteiger partial charge in [-0.15, -0.1) is 0 Å². The Bertz CT molecular complexity index is 2740. The summed E-state index contributed by atoms with van der Waals surface area (Å²) >= 11 is 3.49. The molecule has 0 spiro atoms. The normalized spacial score (nSPS) is 16.4. The molecule has 0 atom stereocenters. The van der Waals surface area contributed by atoms with Crippen molar-refractivity contribution in [1.29, 1.82) is 0 Å². The third-order valence-electron chi connectivity index (χ3n) is 14.1. The van der Waals surface area contributed by atoms with Crippen molar-refractivity contribution in [3.05, 3.63) is 101 Å². The summed E-state index contributed by atoms with van der Waals surface area (Å²) in [6.07, 6.45) is 0. The highest BCUT2D eigenvalue weighted by molar-refractivity contribution is 9.10. The fourth-order valence-corrected chi connectivity index (χ4v) is 9.29. The Morgan fingerprint density at radius 3 is 1.32 bits per heavy atom. The van der Waals surface area contributed by atoms with Gasteiger partial charge in [0.15, 0.2) is 19.7 Å². The van der Waals surface area contributed by atoms with Crippen molar-refractivity contribution < 1.29 is 75.1 Å². The second-order valence-electron chi connectivity index (χ2n) is 22.4. The first kappa shape index (κ1) is 72.8. The average molecular weight is 1220 g/mol. The van der Waals surface area contributed by atoms with E-state index in [-0.39, 0.29) is 46.0 Å². The summed E-state index contributed by atoms with van der Waals surface area (Å²) in [5.74, 6) is 2.33. The summed E-state index contributed by atoms with van der Waals surface area (Å²) in [5.41, 5.74) is -0.698. The zero-order chi connectivity index (χ0) is 58.7. The molecule has 4 aromatic rings. The van der Waals surface area contributed by atoms with E-state index in [1.807, 2.05) is 119 Å². The smallest absolute Gasteiger partial charge is 0.457 e. The summed E-state index contributed by atoms with van der Waals surface area (Å²) in [7, 11) is -6.15. The predicted molar refractivity (Wildman–Crippen MR) is 325 cm³/mol. The van der Waals surface area contributed by atoms with E-state index in [4.69, 9.17) is 51.7 Å². The van der Waals surface area contributed by atoms with Crippen LogP contribution in [0.4, 0.5) is 0 Å². The van der Waals surface area contributed by atoms with Gasteiger partial charge in [-0.25, -0.2) is 16.8 Å². The third-order valence-corrected chi connectivity index (χ3v) is 19.2. The van der Waals surface area contributed by atoms with Gasteiger partial charge in [-0.2, -0.15) is 0 Å². The molecule has 22 heteroatoms. The zero-order valence-corrected chi connectivity index (χ0v) is 52.2. The van der Waals surface area contributed by atoms with Crippen molar-refractivity contribution in [2.75, 3.05) is 26.8 Å². The molecule has 1 radical (unpaired) electrons. The second kappa shape index (κ2) is 29.9. The van der Waals surface area contributed by atoms with E-state index < -0.39 is 66.7 Å². The van der Waals surface area contributed by atoms with Gasteiger partial charge in [-0.3, -0.25) is 0 Å². The van der Waals surface area contributed by atoms with E-state index in [1.165, 1.54) is 7.37 Å². The van der Waals surface area contributed by atoms with Crippen LogP contribution in [0.5, 0.6) is 23.0 Å². The Balaban J connectivity index is 0.000000625. The van der Waals surface area contributed by atoms with Crippen LogP contribution >= 0.6 is 15.9 Å². The molecule has 2 fully saturated rings. The highest BCUT2D eigenvalue weighted by atomic mass is 79.9. The Labute approximate surface area is 491 Å². The zero-order valence-electron chi connectivity index (χ0n) is 49.0. The number of halogens is 1. The maximum atomic E-state index is 12.4. The topological polar surface area (TPSA) is 190 Å². The van der Waals surface area contributed by atoms with Gasteiger partial charge >= 0.3 is 21.5 Å². The molecule has 2 saturated heterocycles. The van der Waals surface area contributed by atoms with Gasteiger partial charge in [0.05, 0.1) is 67.1 Å². The maximum absolute atomic E-state index is 12.4. The van der Waals surface area contributed by atoms with Crippen molar-refractivity contribution in [2.24, 2.45) is 0 Å². The van der Waals surface area contributed by atoms with E-state index in [0.717, 1.165) is 21.1 Å². The highest BCUT2D eigenvalue weighted by Gasteiger charge is 2.53. The van der Waals surface area contributed by atoms with Gasteiger partial charge < -0.3 is 56.8 Å². The predicted octanol–water partition coefficient (Wildman–Crippen LogP) is 12.7. The van der Waals surface area contributed by atoms with E-state index in [0.29, 0.717) is 54.3 Å². The van der Waals surface area contributed by atoms with Gasteiger partial charge in [-0.1, -0.05) is 36.8 Å². The summed E-state index contributed by atoms with van der Waals surface area (Å²) < 4.78 is 113. The van der Waals surface area contributed by atoms with Crippen LogP contribution in [0.15, 0.2) is 99.2 Å². The molecule has 0 saturated carbocycles. The molecule has 80 heavy (non-hydrogen) atoms. The molecule has 2 heterocycles. The molecule has 2 aliphatic rings. The van der Waals surface area contributed by atoms with E-state index >= 15 is 0 Å². The fourth-order valence-electron chi connectivity index (χ4n) is 6.81. The molecule has 2 aliphatic heterocycles. The van der Waals surface area contributed by atoms with Crippen LogP contribution in [0.25, 0.3) is 0 Å². The van der Waals surface area contributed by atoms with Crippen LogP contribution in [-0.2, 0) is 75.1 Å². The van der Waals surface area contributed by atoms with Crippen molar-refractivity contribution >= 4 is 62.6 Å². The van der Waals surface area contributed by atoms with Crippen molar-refractivity contribution in [2.45, 2.75) is 207 Å². The van der Waals surface area contributed by atoms with Crippen LogP contribution in [0.3, 0.4) is 0 Å². The van der Waals surface area contributed by atoms with Gasteiger partial charge in [-0.05, 0) is 220 Å². The Morgan fingerprint density at radius 1 is 0.575 bits per heavy atom. The lowest BCUT2D eigenvalue weighted by Gasteiger charge is -2.37. The van der Waals surface area contributed by atoms with E-state index in [9.17, 15) is 21.9 Å². The largest absolute Gasteiger partial charge is 0.495 e. The summed E-state index contributed by atoms with van der Waals surface area (Å²) in [6, 6.07) is 24.1. The molecule has 0 unspecified atom stereocenters. The molecule has 0 aromatic heterocycles. The van der Waals surface area contributed by atoms with Gasteiger partial charge in [0.1, 0.15) is 36.6 Å². The molecule has 449 valence electrons. The van der Waals surface area contributed by atoms with Crippen LogP contribution in [0, 0.1) is 0 Å². The highest BCUT2D eigenvalue weighted by Crippen LogP contribution is 2.39. The first-order chi connectivity index (χ1) is 36.0. The molecular formula is C58H93B3BrO16S2. The van der Waals surface area contributed by atoms with E-state index in [1.54, 1.807) is 90.1 Å². The quantitative estimate of drug-likeness (QED) is 0.0419. The number of benzene rings is 4. The molecule has 0 aliphatic carbocycles. The minimum absolute atomic E-state index is 0. The lowest BCUT2D eigenvalue weighted by Crippen LogP contribution is -2.50. The van der Waals surface area contributed by atoms with E-state index in [2.05, 4.69) is 15.9 Å². The number of hydrogen-bond donors (Lipinski definition) is 1. The SMILES string of the molecule is C.C.CC(C)(O)C(C)(C)O[B]B1OC(C)(C)C(C)(C)O1.CCOCOCc1cc(Oc2ccc(S(=O)(=O)C(C)C)cc2)ccc1B1OC(C)(C)C(C)(C)O1.CCOCOCc1cc(Oc2ccc(S(=O)(=O)C(C)C)cc2)ccc1Br.[2HH].